The molecule has 6 nitrogen and oxygen atoms in total. The van der Waals surface area contributed by atoms with Gasteiger partial charge in [-0.25, -0.2) is 0 Å². The first-order valence-corrected chi connectivity index (χ1v) is 9.44. The maximum absolute atomic E-state index is 12.5. The van der Waals surface area contributed by atoms with Gasteiger partial charge in [0.05, 0.1) is 6.54 Å². The Morgan fingerprint density at radius 3 is 2.61 bits per heavy atom. The molecule has 1 N–H and O–H groups in total. The van der Waals surface area contributed by atoms with Gasteiger partial charge in [0.25, 0.3) is 5.91 Å². The zero-order valence-electron chi connectivity index (χ0n) is 16.0. The Kier molecular flexibility index (Phi) is 6.31. The largest absolute Gasteiger partial charge is 0.481 e. The molecule has 1 heterocycles. The molecule has 0 aliphatic heterocycles. The van der Waals surface area contributed by atoms with Crippen LogP contribution in [-0.2, 0) is 11.3 Å². The number of nitrogens with zero attached hydrogens (tertiary/aromatic N) is 2. The van der Waals surface area contributed by atoms with E-state index < -0.39 is 6.10 Å². The topological polar surface area (TPSA) is 77.2 Å². The number of hydrogen-bond donors (Lipinski definition) is 1. The molecule has 0 aliphatic rings. The van der Waals surface area contributed by atoms with Crippen molar-refractivity contribution in [3.05, 3.63) is 64.5 Å². The lowest BCUT2D eigenvalue weighted by molar-refractivity contribution is -0.128. The highest BCUT2D eigenvalue weighted by Gasteiger charge is 2.19. The molecule has 0 saturated carbocycles. The van der Waals surface area contributed by atoms with Gasteiger partial charge in [-0.2, -0.15) is 4.98 Å². The fraction of sp³-hybridized carbons (Fsp3) is 0.286. The van der Waals surface area contributed by atoms with Gasteiger partial charge in [0.2, 0.25) is 11.7 Å². The summed E-state index contributed by atoms with van der Waals surface area (Å²) in [7, 11) is 0. The molecule has 1 amide bonds. The predicted octanol–water partition coefficient (Wildman–Crippen LogP) is 4.48. The summed E-state index contributed by atoms with van der Waals surface area (Å²) < 4.78 is 11.1. The van der Waals surface area contributed by atoms with Crippen LogP contribution in [0.5, 0.6) is 5.75 Å². The van der Waals surface area contributed by atoms with Crippen molar-refractivity contribution in [2.45, 2.75) is 39.8 Å². The van der Waals surface area contributed by atoms with Crippen LogP contribution in [0.15, 0.2) is 47.0 Å². The Labute approximate surface area is 168 Å². The third kappa shape index (κ3) is 4.89. The molecule has 28 heavy (non-hydrogen) atoms. The molecule has 0 fully saturated rings. The Morgan fingerprint density at radius 2 is 1.93 bits per heavy atom. The SMILES string of the molecule is CCC(Oc1ccc(C)c(C)c1)C(=O)NCc1nc(-c2ccc(Cl)cc2)no1. The number of aryl methyl sites for hydroxylation is 2. The lowest BCUT2D eigenvalue weighted by atomic mass is 10.1. The van der Waals surface area contributed by atoms with Crippen LogP contribution in [0.2, 0.25) is 5.02 Å². The Balaban J connectivity index is 1.59. The van der Waals surface area contributed by atoms with Crippen LogP contribution < -0.4 is 10.1 Å². The number of amides is 1. The second kappa shape index (κ2) is 8.89. The second-order valence-electron chi connectivity index (χ2n) is 6.50. The Bertz CT molecular complexity index is 954. The van der Waals surface area contributed by atoms with E-state index in [2.05, 4.69) is 15.5 Å². The molecule has 1 unspecified atom stereocenters. The molecule has 3 aromatic rings. The molecule has 146 valence electrons. The average Bonchev–Trinajstić information content (AvgIpc) is 3.16. The van der Waals surface area contributed by atoms with Crippen LogP contribution in [-0.4, -0.2) is 22.2 Å². The Hall–Kier alpha value is -2.86. The number of benzene rings is 2. The highest BCUT2D eigenvalue weighted by atomic mass is 35.5. The summed E-state index contributed by atoms with van der Waals surface area (Å²) in [5.41, 5.74) is 3.08. The monoisotopic (exact) mass is 399 g/mol. The number of halogens is 1. The third-order valence-corrected chi connectivity index (χ3v) is 4.66. The molecule has 0 spiro atoms. The smallest absolute Gasteiger partial charge is 0.261 e. The number of aromatic nitrogens is 2. The normalized spacial score (nSPS) is 11.9. The lowest BCUT2D eigenvalue weighted by Gasteiger charge is -2.17. The third-order valence-electron chi connectivity index (χ3n) is 4.40. The van der Waals surface area contributed by atoms with Gasteiger partial charge in [-0.3, -0.25) is 4.79 Å². The van der Waals surface area contributed by atoms with E-state index in [1.165, 1.54) is 5.56 Å². The molecule has 0 saturated heterocycles. The van der Waals surface area contributed by atoms with Gasteiger partial charge in [0, 0.05) is 10.6 Å². The number of carbonyl (C=O) groups excluding carboxylic acids is 1. The van der Waals surface area contributed by atoms with Gasteiger partial charge in [0.15, 0.2) is 6.10 Å². The van der Waals surface area contributed by atoms with E-state index in [9.17, 15) is 4.79 Å². The summed E-state index contributed by atoms with van der Waals surface area (Å²) in [5.74, 6) is 1.21. The van der Waals surface area contributed by atoms with Crippen LogP contribution in [0.3, 0.4) is 0 Å². The van der Waals surface area contributed by atoms with Crippen molar-refractivity contribution in [1.82, 2.24) is 15.5 Å². The fourth-order valence-corrected chi connectivity index (χ4v) is 2.72. The molecule has 1 atom stereocenters. The van der Waals surface area contributed by atoms with Crippen molar-refractivity contribution in [1.29, 1.82) is 0 Å². The molecule has 0 aliphatic carbocycles. The van der Waals surface area contributed by atoms with Crippen molar-refractivity contribution >= 4 is 17.5 Å². The summed E-state index contributed by atoms with van der Waals surface area (Å²) in [6.45, 7) is 6.08. The first-order valence-electron chi connectivity index (χ1n) is 9.06. The maximum atomic E-state index is 12.5. The summed E-state index contributed by atoms with van der Waals surface area (Å²) in [6, 6.07) is 12.9. The van der Waals surface area contributed by atoms with Gasteiger partial charge < -0.3 is 14.6 Å². The minimum atomic E-state index is -0.597. The summed E-state index contributed by atoms with van der Waals surface area (Å²) in [4.78, 5) is 16.8. The predicted molar refractivity (Wildman–Crippen MR) is 107 cm³/mol. The zero-order valence-corrected chi connectivity index (χ0v) is 16.8. The second-order valence-corrected chi connectivity index (χ2v) is 6.93. The van der Waals surface area contributed by atoms with Crippen molar-refractivity contribution in [3.63, 3.8) is 0 Å². The molecule has 3 rings (SSSR count). The van der Waals surface area contributed by atoms with Crippen molar-refractivity contribution < 1.29 is 14.1 Å². The summed E-state index contributed by atoms with van der Waals surface area (Å²) in [5, 5.41) is 7.36. The van der Waals surface area contributed by atoms with Gasteiger partial charge in [-0.1, -0.05) is 29.7 Å². The van der Waals surface area contributed by atoms with Crippen LogP contribution in [0, 0.1) is 13.8 Å². The number of ether oxygens (including phenoxy) is 1. The van der Waals surface area contributed by atoms with Crippen molar-refractivity contribution in [2.24, 2.45) is 0 Å². The first-order chi connectivity index (χ1) is 13.5. The molecule has 1 aromatic heterocycles. The average molecular weight is 400 g/mol. The van der Waals surface area contributed by atoms with Crippen LogP contribution in [0.1, 0.15) is 30.4 Å². The van der Waals surface area contributed by atoms with Crippen LogP contribution in [0.4, 0.5) is 0 Å². The zero-order chi connectivity index (χ0) is 20.1. The van der Waals surface area contributed by atoms with Gasteiger partial charge in [-0.15, -0.1) is 0 Å². The quantitative estimate of drug-likeness (QED) is 0.633. The van der Waals surface area contributed by atoms with Gasteiger partial charge >= 0.3 is 0 Å². The lowest BCUT2D eigenvalue weighted by Crippen LogP contribution is -2.37. The molecule has 0 bridgehead atoms. The molecular weight excluding hydrogens is 378 g/mol. The van der Waals surface area contributed by atoms with Crippen LogP contribution >= 0.6 is 11.6 Å². The summed E-state index contributed by atoms with van der Waals surface area (Å²) in [6.07, 6.45) is -0.0562. The first kappa shape index (κ1) is 19.9. The van der Waals surface area contributed by atoms with E-state index in [1.54, 1.807) is 24.3 Å². The number of hydrogen-bond acceptors (Lipinski definition) is 5. The number of nitrogens with one attached hydrogen (secondary N) is 1. The van der Waals surface area contributed by atoms with E-state index in [-0.39, 0.29) is 12.5 Å². The maximum Gasteiger partial charge on any atom is 0.261 e. The molecule has 2 aromatic carbocycles. The van der Waals surface area contributed by atoms with E-state index in [4.69, 9.17) is 20.9 Å². The minimum absolute atomic E-state index is 0.131. The van der Waals surface area contributed by atoms with Crippen LogP contribution in [0.25, 0.3) is 11.4 Å². The van der Waals surface area contributed by atoms with Gasteiger partial charge in [-0.05, 0) is 67.8 Å². The van der Waals surface area contributed by atoms with Gasteiger partial charge in [0.1, 0.15) is 5.75 Å². The standard InChI is InChI=1S/C21H22ClN3O3/c1-4-18(27-17-10-5-13(2)14(3)11-17)21(26)23-12-19-24-20(25-28-19)15-6-8-16(22)9-7-15/h5-11,18H,4,12H2,1-3H3,(H,23,26). The highest BCUT2D eigenvalue weighted by Crippen LogP contribution is 2.20. The molecule has 7 heteroatoms. The number of rotatable bonds is 7. The van der Waals surface area contributed by atoms with Crippen molar-refractivity contribution in [3.8, 4) is 17.1 Å². The fourth-order valence-electron chi connectivity index (χ4n) is 2.59. The van der Waals surface area contributed by atoms with Crippen molar-refractivity contribution in [2.75, 3.05) is 0 Å². The molecule has 0 radical (unpaired) electrons. The van der Waals surface area contributed by atoms with E-state index in [0.717, 1.165) is 11.1 Å². The summed E-state index contributed by atoms with van der Waals surface area (Å²) >= 11 is 5.88. The van der Waals surface area contributed by atoms with E-state index >= 15 is 0 Å². The van der Waals surface area contributed by atoms with E-state index in [0.29, 0.717) is 28.9 Å². The Morgan fingerprint density at radius 1 is 1.18 bits per heavy atom. The highest BCUT2D eigenvalue weighted by molar-refractivity contribution is 6.30. The minimum Gasteiger partial charge on any atom is -0.481 e. The van der Waals surface area contributed by atoms with E-state index in [1.807, 2.05) is 39.0 Å². The molecular formula is C21H22ClN3O3. The number of carbonyl (C=O) groups is 1.